The first-order chi connectivity index (χ1) is 18.2. The lowest BCUT2D eigenvalue weighted by molar-refractivity contribution is -0.385. The lowest BCUT2D eigenvalue weighted by atomic mass is 10.1. The average Bonchev–Trinajstić information content (AvgIpc) is 2.88. The van der Waals surface area contributed by atoms with Crippen LogP contribution in [0, 0.1) is 15.9 Å². The van der Waals surface area contributed by atoms with Crippen LogP contribution >= 0.6 is 0 Å². The maximum atomic E-state index is 14.4. The Hall–Kier alpha value is -4.91. The number of nitro groups is 1. The summed E-state index contributed by atoms with van der Waals surface area (Å²) in [6.45, 7) is -0.0502. The van der Waals surface area contributed by atoms with Crippen molar-refractivity contribution in [1.82, 2.24) is 0 Å². The summed E-state index contributed by atoms with van der Waals surface area (Å²) in [6.07, 6.45) is 0. The number of carboxylic acids is 1. The molecule has 0 aromatic heterocycles. The number of carboxylic acid groups (broad SMARTS) is 1. The van der Waals surface area contributed by atoms with Crippen LogP contribution in [0.25, 0.3) is 0 Å². The van der Waals surface area contributed by atoms with E-state index in [0.29, 0.717) is 28.8 Å². The number of nitrogens with one attached hydrogen (secondary N) is 2. The molecule has 3 N–H and O–H groups in total. The maximum Gasteiger partial charge on any atom is 0.342 e. The van der Waals surface area contributed by atoms with Crippen LogP contribution in [0.5, 0.6) is 23.0 Å². The number of methoxy groups -OCH3 is 3. The summed E-state index contributed by atoms with van der Waals surface area (Å²) in [5.41, 5.74) is -0.312. The predicted molar refractivity (Wildman–Crippen MR) is 134 cm³/mol. The number of halogens is 1. The van der Waals surface area contributed by atoms with Crippen molar-refractivity contribution in [3.63, 3.8) is 0 Å². The Labute approximate surface area is 216 Å². The Bertz CT molecular complexity index is 1360. The topological polar surface area (TPSA) is 158 Å². The number of aromatic carboxylic acids is 1. The SMILES string of the molecule is COCC(=O)Nc1ccc(NCc2cccc(OC)c2Oc2c([N+](=O)[O-])ccc(F)c2C(=O)O)cc1OC. The van der Waals surface area contributed by atoms with Crippen molar-refractivity contribution in [3.8, 4) is 23.0 Å². The standard InChI is InChI=1S/C25H24FN3O9/c1-35-13-21(30)28-17-9-7-15(11-20(17)37-3)27-12-14-5-4-6-19(36-2)23(14)38-24-18(29(33)34)10-8-16(26)22(24)25(31)32/h4-11,27H,12-13H2,1-3H3,(H,28,30)(H,31,32). The number of ether oxygens (including phenoxy) is 4. The van der Waals surface area contributed by atoms with E-state index in [9.17, 15) is 29.2 Å². The fourth-order valence-electron chi connectivity index (χ4n) is 3.49. The van der Waals surface area contributed by atoms with Gasteiger partial charge < -0.3 is 34.7 Å². The van der Waals surface area contributed by atoms with Gasteiger partial charge in [-0.25, -0.2) is 9.18 Å². The van der Waals surface area contributed by atoms with Gasteiger partial charge in [0.25, 0.3) is 0 Å². The largest absolute Gasteiger partial charge is 0.494 e. The van der Waals surface area contributed by atoms with E-state index in [-0.39, 0.29) is 30.6 Å². The van der Waals surface area contributed by atoms with Crippen LogP contribution in [0.2, 0.25) is 0 Å². The zero-order chi connectivity index (χ0) is 27.8. The van der Waals surface area contributed by atoms with E-state index >= 15 is 0 Å². The molecule has 0 spiro atoms. The number of hydrogen-bond donors (Lipinski definition) is 3. The lowest BCUT2D eigenvalue weighted by Gasteiger charge is -2.17. The molecule has 3 rings (SSSR count). The molecule has 0 fully saturated rings. The average molecular weight is 529 g/mol. The lowest BCUT2D eigenvalue weighted by Crippen LogP contribution is -2.17. The number of hydrogen-bond acceptors (Lipinski definition) is 9. The van der Waals surface area contributed by atoms with Crippen molar-refractivity contribution in [2.24, 2.45) is 0 Å². The number of carbonyl (C=O) groups is 2. The van der Waals surface area contributed by atoms with Gasteiger partial charge in [0, 0.05) is 37.0 Å². The summed E-state index contributed by atoms with van der Waals surface area (Å²) >= 11 is 0. The summed E-state index contributed by atoms with van der Waals surface area (Å²) in [4.78, 5) is 34.3. The second-order valence-electron chi connectivity index (χ2n) is 7.63. The number of rotatable bonds is 12. The van der Waals surface area contributed by atoms with E-state index in [1.54, 1.807) is 30.3 Å². The second-order valence-corrected chi connectivity index (χ2v) is 7.63. The molecule has 0 saturated carbocycles. The first-order valence-corrected chi connectivity index (χ1v) is 10.9. The molecular formula is C25H24FN3O9. The summed E-state index contributed by atoms with van der Waals surface area (Å²) in [5.74, 6) is -3.62. The molecule has 0 atom stereocenters. The van der Waals surface area contributed by atoms with Gasteiger partial charge in [0.2, 0.25) is 11.7 Å². The van der Waals surface area contributed by atoms with E-state index < -0.39 is 33.7 Å². The molecular weight excluding hydrogens is 505 g/mol. The molecule has 12 nitrogen and oxygen atoms in total. The minimum Gasteiger partial charge on any atom is -0.494 e. The van der Waals surface area contributed by atoms with Crippen molar-refractivity contribution >= 4 is 28.9 Å². The van der Waals surface area contributed by atoms with Crippen LogP contribution in [0.3, 0.4) is 0 Å². The highest BCUT2D eigenvalue weighted by atomic mass is 19.1. The molecule has 13 heteroatoms. The van der Waals surface area contributed by atoms with Crippen LogP contribution in [0.1, 0.15) is 15.9 Å². The number of nitrogens with zero attached hydrogens (tertiary/aromatic N) is 1. The third kappa shape index (κ3) is 6.25. The number of carbonyl (C=O) groups excluding carboxylic acids is 1. The minimum atomic E-state index is -1.74. The predicted octanol–water partition coefficient (Wildman–Crippen LogP) is 4.44. The third-order valence-electron chi connectivity index (χ3n) is 5.22. The van der Waals surface area contributed by atoms with Crippen LogP contribution in [-0.4, -0.2) is 49.8 Å². The fourth-order valence-corrected chi connectivity index (χ4v) is 3.49. The number of benzene rings is 3. The molecule has 0 aliphatic heterocycles. The molecule has 200 valence electrons. The molecule has 0 aliphatic carbocycles. The summed E-state index contributed by atoms with van der Waals surface area (Å²) in [6, 6.07) is 11.2. The van der Waals surface area contributed by atoms with Crippen molar-refractivity contribution in [3.05, 3.63) is 75.6 Å². The normalized spacial score (nSPS) is 10.4. The van der Waals surface area contributed by atoms with E-state index in [0.717, 1.165) is 6.07 Å². The zero-order valence-corrected chi connectivity index (χ0v) is 20.6. The van der Waals surface area contributed by atoms with Crippen molar-refractivity contribution in [1.29, 1.82) is 0 Å². The molecule has 0 bridgehead atoms. The quantitative estimate of drug-likeness (QED) is 0.226. The Morgan fingerprint density at radius 1 is 1.03 bits per heavy atom. The Kier molecular flexibility index (Phi) is 9.00. The second kappa shape index (κ2) is 12.4. The summed E-state index contributed by atoms with van der Waals surface area (Å²) in [5, 5.41) is 26.9. The van der Waals surface area contributed by atoms with Gasteiger partial charge >= 0.3 is 11.7 Å². The number of nitro benzene ring substituents is 1. The van der Waals surface area contributed by atoms with Crippen LogP contribution in [-0.2, 0) is 16.1 Å². The highest BCUT2D eigenvalue weighted by Crippen LogP contribution is 2.42. The number of amides is 1. The third-order valence-corrected chi connectivity index (χ3v) is 5.22. The Morgan fingerprint density at radius 3 is 2.39 bits per heavy atom. The first-order valence-electron chi connectivity index (χ1n) is 10.9. The highest BCUT2D eigenvalue weighted by molar-refractivity contribution is 5.94. The van der Waals surface area contributed by atoms with Gasteiger partial charge in [0.15, 0.2) is 11.5 Å². The number of para-hydroxylation sites is 1. The molecule has 0 unspecified atom stereocenters. The van der Waals surface area contributed by atoms with Gasteiger partial charge in [-0.3, -0.25) is 14.9 Å². The molecule has 0 saturated heterocycles. The van der Waals surface area contributed by atoms with Crippen molar-refractivity contribution in [2.75, 3.05) is 38.6 Å². The molecule has 38 heavy (non-hydrogen) atoms. The zero-order valence-electron chi connectivity index (χ0n) is 20.6. The van der Waals surface area contributed by atoms with Crippen molar-refractivity contribution < 1.29 is 43.0 Å². The van der Waals surface area contributed by atoms with Gasteiger partial charge in [-0.15, -0.1) is 0 Å². The first kappa shape index (κ1) is 27.7. The number of anilines is 2. The van der Waals surface area contributed by atoms with Crippen molar-refractivity contribution in [2.45, 2.75) is 6.54 Å². The van der Waals surface area contributed by atoms with E-state index in [1.165, 1.54) is 27.4 Å². The van der Waals surface area contributed by atoms with E-state index in [1.807, 2.05) is 0 Å². The Balaban J connectivity index is 1.95. The van der Waals surface area contributed by atoms with Crippen LogP contribution < -0.4 is 24.8 Å². The molecule has 0 radical (unpaired) electrons. The molecule has 1 amide bonds. The van der Waals surface area contributed by atoms with Crippen LogP contribution in [0.4, 0.5) is 21.5 Å². The minimum absolute atomic E-state index is 0.0471. The van der Waals surface area contributed by atoms with Crippen LogP contribution in [0.15, 0.2) is 48.5 Å². The van der Waals surface area contributed by atoms with Gasteiger partial charge in [0.1, 0.15) is 23.7 Å². The van der Waals surface area contributed by atoms with Gasteiger partial charge in [-0.1, -0.05) is 12.1 Å². The molecule has 3 aromatic rings. The summed E-state index contributed by atoms with van der Waals surface area (Å²) in [7, 11) is 4.17. The summed E-state index contributed by atoms with van der Waals surface area (Å²) < 4.78 is 35.5. The smallest absolute Gasteiger partial charge is 0.342 e. The monoisotopic (exact) mass is 529 g/mol. The molecule has 0 heterocycles. The molecule has 3 aromatic carbocycles. The van der Waals surface area contributed by atoms with Gasteiger partial charge in [-0.05, 0) is 24.3 Å². The highest BCUT2D eigenvalue weighted by Gasteiger charge is 2.29. The van der Waals surface area contributed by atoms with E-state index in [4.69, 9.17) is 18.9 Å². The fraction of sp³-hybridized carbons (Fsp3) is 0.200. The maximum absolute atomic E-state index is 14.4. The van der Waals surface area contributed by atoms with E-state index in [2.05, 4.69) is 10.6 Å². The molecule has 0 aliphatic rings. The van der Waals surface area contributed by atoms with Gasteiger partial charge in [-0.2, -0.15) is 0 Å². The van der Waals surface area contributed by atoms with Gasteiger partial charge in [0.05, 0.1) is 24.8 Å². The Morgan fingerprint density at radius 2 is 1.76 bits per heavy atom.